The van der Waals surface area contributed by atoms with Gasteiger partial charge in [0.15, 0.2) is 11.4 Å². The zero-order chi connectivity index (χ0) is 12.6. The quantitative estimate of drug-likeness (QED) is 0.833. The standard InChI is InChI=1S/C10H18N4O2/c1-6-9(2,3)7-11-12-13-14(7)10(4,5)8(15)16/h6H2,1-5H3,(H,15,16). The van der Waals surface area contributed by atoms with Crippen LogP contribution in [0.3, 0.4) is 0 Å². The lowest BCUT2D eigenvalue weighted by molar-refractivity contribution is -0.146. The van der Waals surface area contributed by atoms with E-state index < -0.39 is 11.5 Å². The smallest absolute Gasteiger partial charge is 0.331 e. The molecule has 0 saturated heterocycles. The van der Waals surface area contributed by atoms with Crippen LogP contribution in [-0.2, 0) is 15.7 Å². The monoisotopic (exact) mass is 226 g/mol. The lowest BCUT2D eigenvalue weighted by atomic mass is 9.88. The Bertz CT molecular complexity index is 395. The largest absolute Gasteiger partial charge is 0.479 e. The number of nitrogens with zero attached hydrogens (tertiary/aromatic N) is 4. The van der Waals surface area contributed by atoms with Gasteiger partial charge in [0.25, 0.3) is 0 Å². The predicted molar refractivity (Wildman–Crippen MR) is 58.1 cm³/mol. The van der Waals surface area contributed by atoms with Crippen LogP contribution in [0.25, 0.3) is 0 Å². The molecule has 0 aromatic carbocycles. The van der Waals surface area contributed by atoms with E-state index in [9.17, 15) is 4.79 Å². The van der Waals surface area contributed by atoms with E-state index in [-0.39, 0.29) is 5.41 Å². The average Bonchev–Trinajstić information content (AvgIpc) is 2.66. The Hall–Kier alpha value is -1.46. The Morgan fingerprint density at radius 2 is 1.94 bits per heavy atom. The van der Waals surface area contributed by atoms with Crippen molar-refractivity contribution < 1.29 is 9.90 Å². The summed E-state index contributed by atoms with van der Waals surface area (Å²) in [5, 5.41) is 20.5. The molecule has 90 valence electrons. The summed E-state index contributed by atoms with van der Waals surface area (Å²) in [5.74, 6) is -0.352. The Kier molecular flexibility index (Phi) is 3.03. The third kappa shape index (κ3) is 1.91. The van der Waals surface area contributed by atoms with Crippen LogP contribution in [0.5, 0.6) is 0 Å². The van der Waals surface area contributed by atoms with Crippen LogP contribution >= 0.6 is 0 Å². The van der Waals surface area contributed by atoms with Gasteiger partial charge in [0.1, 0.15) is 0 Å². The normalized spacial score (nSPS) is 12.8. The molecule has 1 N–H and O–H groups in total. The highest BCUT2D eigenvalue weighted by Gasteiger charge is 2.37. The number of carbonyl (C=O) groups is 1. The van der Waals surface area contributed by atoms with E-state index >= 15 is 0 Å². The molecular formula is C10H18N4O2. The molecule has 0 spiro atoms. The lowest BCUT2D eigenvalue weighted by Gasteiger charge is -2.27. The molecule has 0 fully saturated rings. The maximum atomic E-state index is 11.2. The van der Waals surface area contributed by atoms with Crippen molar-refractivity contribution in [1.82, 2.24) is 20.2 Å². The minimum Gasteiger partial charge on any atom is -0.479 e. The van der Waals surface area contributed by atoms with Crippen molar-refractivity contribution in [1.29, 1.82) is 0 Å². The van der Waals surface area contributed by atoms with Crippen LogP contribution in [0.4, 0.5) is 0 Å². The topological polar surface area (TPSA) is 80.9 Å². The first-order valence-electron chi connectivity index (χ1n) is 5.26. The Balaban J connectivity index is 3.28. The molecule has 1 aromatic heterocycles. The third-order valence-electron chi connectivity index (χ3n) is 3.01. The molecule has 0 aliphatic heterocycles. The molecule has 1 aromatic rings. The predicted octanol–water partition coefficient (Wildman–Crippen LogP) is 1.18. The van der Waals surface area contributed by atoms with Crippen molar-refractivity contribution in [2.24, 2.45) is 0 Å². The molecule has 0 amide bonds. The van der Waals surface area contributed by atoms with Gasteiger partial charge in [-0.2, -0.15) is 0 Å². The average molecular weight is 226 g/mol. The van der Waals surface area contributed by atoms with Crippen molar-refractivity contribution in [2.75, 3.05) is 0 Å². The summed E-state index contributed by atoms with van der Waals surface area (Å²) >= 11 is 0. The number of carboxylic acids is 1. The maximum Gasteiger partial charge on any atom is 0.331 e. The summed E-state index contributed by atoms with van der Waals surface area (Å²) in [6, 6.07) is 0. The van der Waals surface area contributed by atoms with Crippen molar-refractivity contribution in [3.05, 3.63) is 5.82 Å². The highest BCUT2D eigenvalue weighted by Crippen LogP contribution is 2.27. The van der Waals surface area contributed by atoms with Gasteiger partial charge in [0, 0.05) is 5.41 Å². The van der Waals surface area contributed by atoms with E-state index in [0.29, 0.717) is 5.82 Å². The number of carboxylic acid groups (broad SMARTS) is 1. The van der Waals surface area contributed by atoms with Gasteiger partial charge in [-0.15, -0.1) is 5.10 Å². The molecule has 6 heteroatoms. The Morgan fingerprint density at radius 1 is 1.38 bits per heavy atom. The number of rotatable bonds is 4. The first-order valence-corrected chi connectivity index (χ1v) is 5.26. The van der Waals surface area contributed by atoms with Gasteiger partial charge in [-0.05, 0) is 30.7 Å². The van der Waals surface area contributed by atoms with Crippen LogP contribution in [0.1, 0.15) is 46.9 Å². The van der Waals surface area contributed by atoms with Gasteiger partial charge < -0.3 is 5.11 Å². The van der Waals surface area contributed by atoms with Gasteiger partial charge in [-0.1, -0.05) is 20.8 Å². The van der Waals surface area contributed by atoms with Gasteiger partial charge in [-0.3, -0.25) is 0 Å². The number of hydrogen-bond acceptors (Lipinski definition) is 4. The van der Waals surface area contributed by atoms with Crippen molar-refractivity contribution >= 4 is 5.97 Å². The van der Waals surface area contributed by atoms with Crippen LogP contribution in [0, 0.1) is 0 Å². The minimum atomic E-state index is -1.13. The van der Waals surface area contributed by atoms with Crippen molar-refractivity contribution in [2.45, 2.75) is 52.0 Å². The lowest BCUT2D eigenvalue weighted by Crippen LogP contribution is -2.40. The zero-order valence-corrected chi connectivity index (χ0v) is 10.4. The summed E-state index contributed by atoms with van der Waals surface area (Å²) in [6.45, 7) is 9.18. The maximum absolute atomic E-state index is 11.2. The van der Waals surface area contributed by atoms with Crippen LogP contribution in [0.15, 0.2) is 0 Å². The summed E-state index contributed by atoms with van der Waals surface area (Å²) in [6.07, 6.45) is 0.836. The molecule has 16 heavy (non-hydrogen) atoms. The zero-order valence-electron chi connectivity index (χ0n) is 10.4. The van der Waals surface area contributed by atoms with E-state index in [1.807, 2.05) is 20.8 Å². The number of aromatic nitrogens is 4. The fourth-order valence-corrected chi connectivity index (χ4v) is 1.23. The summed E-state index contributed by atoms with van der Waals surface area (Å²) in [5.41, 5.74) is -1.37. The second-order valence-electron chi connectivity index (χ2n) is 5.02. The molecule has 0 aliphatic carbocycles. The molecule has 0 atom stereocenters. The second-order valence-corrected chi connectivity index (χ2v) is 5.02. The summed E-state index contributed by atoms with van der Waals surface area (Å²) in [4.78, 5) is 11.2. The third-order valence-corrected chi connectivity index (χ3v) is 3.01. The number of hydrogen-bond donors (Lipinski definition) is 1. The summed E-state index contributed by atoms with van der Waals surface area (Å²) < 4.78 is 1.39. The minimum absolute atomic E-state index is 0.240. The van der Waals surface area contributed by atoms with Crippen LogP contribution in [0.2, 0.25) is 0 Å². The second kappa shape index (κ2) is 3.84. The van der Waals surface area contributed by atoms with E-state index in [1.54, 1.807) is 13.8 Å². The van der Waals surface area contributed by atoms with Gasteiger partial charge in [0.05, 0.1) is 0 Å². The highest BCUT2D eigenvalue weighted by molar-refractivity contribution is 5.75. The molecule has 0 aliphatic rings. The van der Waals surface area contributed by atoms with E-state index in [4.69, 9.17) is 5.11 Å². The molecule has 0 radical (unpaired) electrons. The fourth-order valence-electron chi connectivity index (χ4n) is 1.23. The number of tetrazole rings is 1. The Labute approximate surface area is 94.7 Å². The van der Waals surface area contributed by atoms with Crippen molar-refractivity contribution in [3.8, 4) is 0 Å². The van der Waals surface area contributed by atoms with Crippen LogP contribution in [-0.4, -0.2) is 31.3 Å². The molecular weight excluding hydrogens is 208 g/mol. The summed E-state index contributed by atoms with van der Waals surface area (Å²) in [7, 11) is 0. The SMILES string of the molecule is CCC(C)(C)c1nnnn1C(C)(C)C(=O)O. The first kappa shape index (κ1) is 12.6. The van der Waals surface area contributed by atoms with Crippen molar-refractivity contribution in [3.63, 3.8) is 0 Å². The van der Waals surface area contributed by atoms with Gasteiger partial charge >= 0.3 is 5.97 Å². The molecule has 0 unspecified atom stereocenters. The van der Waals surface area contributed by atoms with Gasteiger partial charge in [0.2, 0.25) is 0 Å². The van der Waals surface area contributed by atoms with E-state index in [1.165, 1.54) is 4.68 Å². The number of aliphatic carboxylic acids is 1. The van der Waals surface area contributed by atoms with Crippen LogP contribution < -0.4 is 0 Å². The molecule has 0 saturated carbocycles. The van der Waals surface area contributed by atoms with Gasteiger partial charge in [-0.25, -0.2) is 9.48 Å². The first-order chi connectivity index (χ1) is 7.23. The highest BCUT2D eigenvalue weighted by atomic mass is 16.4. The van der Waals surface area contributed by atoms with E-state index in [0.717, 1.165) is 6.42 Å². The Morgan fingerprint density at radius 3 is 2.38 bits per heavy atom. The fraction of sp³-hybridized carbons (Fsp3) is 0.800. The molecule has 1 rings (SSSR count). The van der Waals surface area contributed by atoms with E-state index in [2.05, 4.69) is 15.5 Å². The molecule has 6 nitrogen and oxygen atoms in total. The molecule has 0 bridgehead atoms. The molecule has 1 heterocycles.